The first-order valence-corrected chi connectivity index (χ1v) is 9.53. The lowest BCUT2D eigenvalue weighted by Gasteiger charge is -2.56. The normalized spacial score (nSPS) is 24.5. The number of amides is 1. The Balaban J connectivity index is 0.00000208. The monoisotopic (exact) mass is 373 g/mol. The van der Waals surface area contributed by atoms with Gasteiger partial charge in [-0.25, -0.2) is 4.98 Å². The number of halogens is 1. The fourth-order valence-electron chi connectivity index (χ4n) is 4.36. The Morgan fingerprint density at radius 3 is 2.83 bits per heavy atom. The first-order chi connectivity index (χ1) is 11.1. The van der Waals surface area contributed by atoms with E-state index in [0.29, 0.717) is 18.3 Å². The van der Waals surface area contributed by atoms with Gasteiger partial charge in [0, 0.05) is 36.9 Å². The number of hydrogen-bond acceptors (Lipinski definition) is 5. The third-order valence-corrected chi connectivity index (χ3v) is 6.47. The zero-order valence-electron chi connectivity index (χ0n) is 14.5. The summed E-state index contributed by atoms with van der Waals surface area (Å²) in [6, 6.07) is 0.286. The Hall–Kier alpha value is -0.690. The molecule has 1 aromatic rings. The second-order valence-corrected chi connectivity index (χ2v) is 7.66. The third kappa shape index (κ3) is 3.34. The van der Waals surface area contributed by atoms with E-state index < -0.39 is 0 Å². The highest BCUT2D eigenvalue weighted by atomic mass is 35.5. The van der Waals surface area contributed by atoms with Crippen LogP contribution in [0.5, 0.6) is 0 Å². The summed E-state index contributed by atoms with van der Waals surface area (Å²) in [7, 11) is 1.93. The Bertz CT molecular complexity index is 560. The van der Waals surface area contributed by atoms with Crippen molar-refractivity contribution >= 4 is 29.7 Å². The number of carbonyl (C=O) groups excluding carboxylic acids is 1. The van der Waals surface area contributed by atoms with E-state index in [1.165, 1.54) is 37.0 Å². The molecule has 0 radical (unpaired) electrons. The van der Waals surface area contributed by atoms with E-state index in [1.54, 1.807) is 0 Å². The molecule has 24 heavy (non-hydrogen) atoms. The van der Waals surface area contributed by atoms with E-state index in [1.807, 2.05) is 17.3 Å². The van der Waals surface area contributed by atoms with Crippen molar-refractivity contribution in [2.24, 2.45) is 11.1 Å². The quantitative estimate of drug-likeness (QED) is 0.832. The molecule has 2 N–H and O–H groups in total. The van der Waals surface area contributed by atoms with Gasteiger partial charge in [0.2, 0.25) is 0 Å². The molecule has 1 amide bonds. The lowest BCUT2D eigenvalue weighted by atomic mass is 9.60. The lowest BCUT2D eigenvalue weighted by molar-refractivity contribution is -0.152. The van der Waals surface area contributed by atoms with Crippen molar-refractivity contribution in [3.05, 3.63) is 16.1 Å². The van der Waals surface area contributed by atoms with Crippen LogP contribution >= 0.6 is 23.7 Å². The highest BCUT2D eigenvalue weighted by Crippen LogP contribution is 2.56. The van der Waals surface area contributed by atoms with Gasteiger partial charge in [0.1, 0.15) is 5.69 Å². The minimum Gasteiger partial charge on any atom is -0.378 e. The minimum absolute atomic E-state index is 0. The summed E-state index contributed by atoms with van der Waals surface area (Å²) >= 11 is 1.53. The van der Waals surface area contributed by atoms with Crippen molar-refractivity contribution in [1.29, 1.82) is 0 Å². The summed E-state index contributed by atoms with van der Waals surface area (Å²) in [6.45, 7) is 3.38. The van der Waals surface area contributed by atoms with Gasteiger partial charge in [-0.15, -0.1) is 23.7 Å². The number of ether oxygens (including phenoxy) is 1. The number of hydrogen-bond donors (Lipinski definition) is 1. The van der Waals surface area contributed by atoms with E-state index in [4.69, 9.17) is 10.5 Å². The van der Waals surface area contributed by atoms with Gasteiger partial charge < -0.3 is 15.4 Å². The molecule has 3 rings (SSSR count). The molecule has 1 spiro atoms. The second-order valence-electron chi connectivity index (χ2n) is 6.72. The van der Waals surface area contributed by atoms with Crippen molar-refractivity contribution in [3.63, 3.8) is 0 Å². The second kappa shape index (κ2) is 8.13. The van der Waals surface area contributed by atoms with Crippen LogP contribution in [0.2, 0.25) is 0 Å². The molecule has 2 atom stereocenters. The average molecular weight is 374 g/mol. The van der Waals surface area contributed by atoms with Crippen molar-refractivity contribution in [1.82, 2.24) is 9.88 Å². The smallest absolute Gasteiger partial charge is 0.273 e. The molecule has 1 aromatic heterocycles. The molecule has 136 valence electrons. The van der Waals surface area contributed by atoms with Crippen molar-refractivity contribution in [3.8, 4) is 0 Å². The molecule has 2 unspecified atom stereocenters. The number of nitrogens with zero attached hydrogens (tertiary/aromatic N) is 2. The van der Waals surface area contributed by atoms with Crippen LogP contribution in [0, 0.1) is 5.41 Å². The van der Waals surface area contributed by atoms with Gasteiger partial charge in [0.05, 0.1) is 11.1 Å². The van der Waals surface area contributed by atoms with Crippen LogP contribution in [0.3, 0.4) is 0 Å². The summed E-state index contributed by atoms with van der Waals surface area (Å²) in [4.78, 5) is 19.2. The molecule has 2 fully saturated rings. The zero-order valence-corrected chi connectivity index (χ0v) is 16.1. The summed E-state index contributed by atoms with van der Waals surface area (Å²) in [5.41, 5.74) is 6.31. The van der Waals surface area contributed by atoms with E-state index >= 15 is 0 Å². The Labute approximate surface area is 154 Å². The van der Waals surface area contributed by atoms with Gasteiger partial charge in [-0.05, 0) is 32.7 Å². The Morgan fingerprint density at radius 1 is 1.50 bits per heavy atom. The van der Waals surface area contributed by atoms with E-state index in [-0.39, 0.29) is 29.8 Å². The number of aromatic nitrogens is 1. The highest BCUT2D eigenvalue weighted by Gasteiger charge is 2.58. The number of rotatable bonds is 6. The number of nitrogens with two attached hydrogens (primary N) is 1. The van der Waals surface area contributed by atoms with E-state index in [2.05, 4.69) is 11.9 Å². The highest BCUT2D eigenvalue weighted by molar-refractivity contribution is 7.09. The third-order valence-electron chi connectivity index (χ3n) is 5.56. The first-order valence-electron chi connectivity index (χ1n) is 8.65. The van der Waals surface area contributed by atoms with E-state index in [0.717, 1.165) is 24.5 Å². The van der Waals surface area contributed by atoms with Crippen LogP contribution in [0.15, 0.2) is 5.38 Å². The van der Waals surface area contributed by atoms with Crippen molar-refractivity contribution < 1.29 is 9.53 Å². The first kappa shape index (κ1) is 19.6. The fourth-order valence-corrected chi connectivity index (χ4v) is 5.15. The molecule has 2 saturated carbocycles. The molecular weight excluding hydrogens is 346 g/mol. The molecule has 0 aromatic carbocycles. The van der Waals surface area contributed by atoms with Crippen LogP contribution in [-0.2, 0) is 11.2 Å². The average Bonchev–Trinajstić information content (AvgIpc) is 3.20. The summed E-state index contributed by atoms with van der Waals surface area (Å²) in [5.74, 6) is 0.0377. The predicted molar refractivity (Wildman–Crippen MR) is 98.9 cm³/mol. The van der Waals surface area contributed by atoms with Crippen LogP contribution in [0.25, 0.3) is 0 Å². The maximum absolute atomic E-state index is 12.8. The van der Waals surface area contributed by atoms with Crippen molar-refractivity contribution in [2.45, 2.75) is 57.6 Å². The number of thiazole rings is 1. The largest absolute Gasteiger partial charge is 0.378 e. The minimum atomic E-state index is 0. The maximum Gasteiger partial charge on any atom is 0.273 e. The van der Waals surface area contributed by atoms with Gasteiger partial charge in [-0.2, -0.15) is 0 Å². The predicted octanol–water partition coefficient (Wildman–Crippen LogP) is 2.88. The Kier molecular flexibility index (Phi) is 6.65. The zero-order chi connectivity index (χ0) is 16.4. The molecule has 1 heterocycles. The van der Waals surface area contributed by atoms with E-state index in [9.17, 15) is 4.79 Å². The summed E-state index contributed by atoms with van der Waals surface area (Å²) in [6.07, 6.45) is 6.86. The molecule has 0 saturated heterocycles. The van der Waals surface area contributed by atoms with Crippen LogP contribution < -0.4 is 5.73 Å². The molecule has 5 nitrogen and oxygen atoms in total. The molecule has 2 aliphatic carbocycles. The van der Waals surface area contributed by atoms with Gasteiger partial charge >= 0.3 is 0 Å². The molecule has 0 aliphatic heterocycles. The van der Waals surface area contributed by atoms with Crippen LogP contribution in [-0.4, -0.2) is 48.1 Å². The topological polar surface area (TPSA) is 68.5 Å². The molecular formula is C17H28ClN3O2S. The Morgan fingerprint density at radius 2 is 2.21 bits per heavy atom. The standard InChI is InChI=1S/C17H27N3O2S.ClH/c1-3-22-14-10-13(17(14)7-4-5-8-17)20(2)16(21)12-11-23-15(19-12)6-9-18;/h11,13-14H,3-10,18H2,1-2H3;1H. The van der Waals surface area contributed by atoms with Gasteiger partial charge in [0.15, 0.2) is 0 Å². The van der Waals surface area contributed by atoms with Gasteiger partial charge in [0.25, 0.3) is 5.91 Å². The lowest BCUT2D eigenvalue weighted by Crippen LogP contribution is -2.64. The molecule has 7 heteroatoms. The summed E-state index contributed by atoms with van der Waals surface area (Å²) in [5, 5.41) is 2.81. The maximum atomic E-state index is 12.8. The summed E-state index contributed by atoms with van der Waals surface area (Å²) < 4.78 is 5.95. The molecule has 0 bridgehead atoms. The van der Waals surface area contributed by atoms with Gasteiger partial charge in [-0.3, -0.25) is 4.79 Å². The fraction of sp³-hybridized carbons (Fsp3) is 0.765. The molecule has 2 aliphatic rings. The SMILES string of the molecule is CCOC1CC(N(C)C(=O)c2csc(CCN)n2)C12CCCC2.Cl. The number of carbonyl (C=O) groups is 1. The van der Waals surface area contributed by atoms with Crippen LogP contribution in [0.4, 0.5) is 0 Å². The van der Waals surface area contributed by atoms with Crippen molar-refractivity contribution in [2.75, 3.05) is 20.2 Å². The van der Waals surface area contributed by atoms with Gasteiger partial charge in [-0.1, -0.05) is 12.8 Å². The van der Waals surface area contributed by atoms with Crippen LogP contribution in [0.1, 0.15) is 54.5 Å².